The Morgan fingerprint density at radius 2 is 1.86 bits per heavy atom. The highest BCUT2D eigenvalue weighted by Gasteiger charge is 2.31. The Morgan fingerprint density at radius 3 is 2.51 bits per heavy atom. The lowest BCUT2D eigenvalue weighted by Crippen LogP contribution is -2.52. The Balaban J connectivity index is 1.23. The number of pyridine rings is 1. The van der Waals surface area contributed by atoms with E-state index >= 15 is 0 Å². The number of carbonyl (C=O) groups is 1. The Labute approximate surface area is 212 Å². The fraction of sp³-hybridized carbons (Fsp3) is 0.360. The fourth-order valence-electron chi connectivity index (χ4n) is 4.92. The molecule has 0 aliphatic carbocycles. The minimum absolute atomic E-state index is 0.0826. The van der Waals surface area contributed by atoms with Crippen LogP contribution in [-0.2, 0) is 7.05 Å². The molecule has 1 atom stereocenters. The molecule has 0 saturated carbocycles. The minimum Gasteiger partial charge on any atom is -0.353 e. The third-order valence-corrected chi connectivity index (χ3v) is 6.91. The molecular weight excluding hydrogens is 475 g/mol. The number of carbonyl (C=O) groups excluding carboxylic acids is 1. The van der Waals surface area contributed by atoms with Crippen LogP contribution in [0, 0.1) is 11.3 Å². The molecule has 188 valence electrons. The molecule has 0 N–H and O–H groups in total. The van der Waals surface area contributed by atoms with E-state index in [1.165, 1.54) is 6.20 Å². The number of aromatic nitrogens is 6. The Hall–Kier alpha value is -4.53. The summed E-state index contributed by atoms with van der Waals surface area (Å²) in [5.74, 6) is 0.800. The summed E-state index contributed by atoms with van der Waals surface area (Å²) in [6.07, 6.45) is 8.18. The number of piperazine rings is 1. The molecule has 12 heteroatoms. The monoisotopic (exact) mass is 500 g/mol. The van der Waals surface area contributed by atoms with E-state index in [-0.39, 0.29) is 12.6 Å². The predicted octanol–water partition coefficient (Wildman–Crippen LogP) is 2.35. The van der Waals surface area contributed by atoms with Gasteiger partial charge in [0.15, 0.2) is 0 Å². The molecule has 4 aromatic rings. The predicted molar refractivity (Wildman–Crippen MR) is 133 cm³/mol. The first kappa shape index (κ1) is 22.9. The van der Waals surface area contributed by atoms with Gasteiger partial charge in [0, 0.05) is 63.3 Å². The fourth-order valence-corrected chi connectivity index (χ4v) is 4.92. The van der Waals surface area contributed by atoms with Crippen LogP contribution in [0.4, 0.5) is 15.0 Å². The van der Waals surface area contributed by atoms with Gasteiger partial charge in [-0.1, -0.05) is 0 Å². The summed E-state index contributed by atoms with van der Waals surface area (Å²) in [4.78, 5) is 27.7. The maximum absolute atomic E-state index is 13.5. The summed E-state index contributed by atoms with van der Waals surface area (Å²) in [6, 6.07) is 5.98. The summed E-state index contributed by atoms with van der Waals surface area (Å²) in [5, 5.41) is 18.2. The minimum atomic E-state index is -0.916. The molecule has 2 aliphatic heterocycles. The lowest BCUT2D eigenvalue weighted by Gasteiger charge is -2.37. The zero-order chi connectivity index (χ0) is 25.5. The van der Waals surface area contributed by atoms with Crippen molar-refractivity contribution < 1.29 is 9.18 Å². The number of aryl methyl sites for hydroxylation is 1. The third kappa shape index (κ3) is 4.22. The van der Waals surface area contributed by atoms with E-state index in [0.29, 0.717) is 61.6 Å². The van der Waals surface area contributed by atoms with Crippen LogP contribution >= 0.6 is 0 Å². The van der Waals surface area contributed by atoms with Crippen molar-refractivity contribution in [3.05, 3.63) is 48.7 Å². The highest BCUT2D eigenvalue weighted by molar-refractivity contribution is 5.83. The van der Waals surface area contributed by atoms with Crippen molar-refractivity contribution in [2.75, 3.05) is 44.2 Å². The second-order valence-electron chi connectivity index (χ2n) is 9.33. The number of urea groups is 1. The number of hydrogen-bond donors (Lipinski definition) is 0. The number of likely N-dealkylation sites (tertiary alicyclic amines) is 1. The lowest BCUT2D eigenvalue weighted by atomic mass is 10.1. The second kappa shape index (κ2) is 9.16. The summed E-state index contributed by atoms with van der Waals surface area (Å²) < 4.78 is 16.9. The summed E-state index contributed by atoms with van der Waals surface area (Å²) >= 11 is 0. The standard InChI is InChI=1S/C25H25FN10O/c1-32-14-19(13-29-32)21-16-36-24(18(10-27)12-30-36)23(31-21)17-2-3-22(28-11-17)33-6-8-34(9-7-33)25(37)35-5-4-20(26)15-35/h2-3,11-14,16,20H,4-9,15H2,1H3/t20-/m0/s1. The molecule has 37 heavy (non-hydrogen) atoms. The lowest BCUT2D eigenvalue weighted by molar-refractivity contribution is 0.156. The normalized spacial score (nSPS) is 18.0. The van der Waals surface area contributed by atoms with Crippen molar-refractivity contribution in [2.45, 2.75) is 12.6 Å². The van der Waals surface area contributed by atoms with Gasteiger partial charge in [-0.05, 0) is 18.6 Å². The number of alkyl halides is 1. The molecule has 11 nitrogen and oxygen atoms in total. The van der Waals surface area contributed by atoms with E-state index in [0.717, 1.165) is 16.9 Å². The first-order valence-corrected chi connectivity index (χ1v) is 12.2. The average Bonchev–Trinajstić information content (AvgIpc) is 3.67. The first-order chi connectivity index (χ1) is 18.0. The van der Waals surface area contributed by atoms with Crippen LogP contribution < -0.4 is 4.90 Å². The van der Waals surface area contributed by atoms with Crippen LogP contribution in [0.15, 0.2) is 43.1 Å². The Bertz CT molecular complexity index is 1500. The van der Waals surface area contributed by atoms with Gasteiger partial charge in [0.05, 0.1) is 36.5 Å². The van der Waals surface area contributed by atoms with E-state index in [9.17, 15) is 14.4 Å². The number of amides is 2. The molecule has 2 aliphatic rings. The number of anilines is 1. The van der Waals surface area contributed by atoms with Crippen molar-refractivity contribution >= 4 is 17.4 Å². The second-order valence-corrected chi connectivity index (χ2v) is 9.33. The van der Waals surface area contributed by atoms with Gasteiger partial charge in [-0.25, -0.2) is 23.7 Å². The zero-order valence-corrected chi connectivity index (χ0v) is 20.3. The van der Waals surface area contributed by atoms with Crippen molar-refractivity contribution in [1.29, 1.82) is 5.26 Å². The van der Waals surface area contributed by atoms with Gasteiger partial charge in [-0.3, -0.25) is 4.68 Å². The van der Waals surface area contributed by atoms with Crippen molar-refractivity contribution in [2.24, 2.45) is 7.05 Å². The molecular formula is C25H25FN10O. The maximum atomic E-state index is 13.5. The van der Waals surface area contributed by atoms with E-state index in [1.54, 1.807) is 37.6 Å². The molecule has 6 rings (SSSR count). The maximum Gasteiger partial charge on any atom is 0.320 e. The average molecular weight is 501 g/mol. The van der Waals surface area contributed by atoms with E-state index in [1.807, 2.05) is 25.4 Å². The molecule has 2 fully saturated rings. The van der Waals surface area contributed by atoms with Gasteiger partial charge in [0.2, 0.25) is 0 Å². The van der Waals surface area contributed by atoms with Gasteiger partial charge < -0.3 is 14.7 Å². The molecule has 0 radical (unpaired) electrons. The van der Waals surface area contributed by atoms with Gasteiger partial charge >= 0.3 is 6.03 Å². The number of rotatable bonds is 3. The topological polar surface area (TPSA) is 111 Å². The number of fused-ring (bicyclic) bond motifs is 1. The number of hydrogen-bond acceptors (Lipinski definition) is 7. The third-order valence-electron chi connectivity index (χ3n) is 6.91. The smallest absolute Gasteiger partial charge is 0.320 e. The molecule has 0 bridgehead atoms. The quantitative estimate of drug-likeness (QED) is 0.425. The summed E-state index contributed by atoms with van der Waals surface area (Å²) in [7, 11) is 1.84. The van der Waals surface area contributed by atoms with Crippen LogP contribution in [0.2, 0.25) is 0 Å². The Morgan fingerprint density at radius 1 is 1.03 bits per heavy atom. The molecule has 0 aromatic carbocycles. The van der Waals surface area contributed by atoms with E-state index < -0.39 is 6.17 Å². The number of nitrogens with zero attached hydrogens (tertiary/aromatic N) is 10. The highest BCUT2D eigenvalue weighted by Crippen LogP contribution is 2.29. The van der Waals surface area contributed by atoms with Crippen LogP contribution in [0.1, 0.15) is 12.0 Å². The molecule has 2 amide bonds. The largest absolute Gasteiger partial charge is 0.353 e. The molecule has 2 saturated heterocycles. The van der Waals surface area contributed by atoms with Gasteiger partial charge in [0.1, 0.15) is 29.1 Å². The van der Waals surface area contributed by atoms with Crippen LogP contribution in [0.5, 0.6) is 0 Å². The van der Waals surface area contributed by atoms with Crippen LogP contribution in [0.3, 0.4) is 0 Å². The van der Waals surface area contributed by atoms with Gasteiger partial charge in [-0.2, -0.15) is 15.5 Å². The van der Waals surface area contributed by atoms with Crippen LogP contribution in [0.25, 0.3) is 28.0 Å². The number of nitriles is 1. The number of halogens is 1. The van der Waals surface area contributed by atoms with Gasteiger partial charge in [0.25, 0.3) is 0 Å². The molecule has 0 unspecified atom stereocenters. The summed E-state index contributed by atoms with van der Waals surface area (Å²) in [6.45, 7) is 3.09. The molecule has 0 spiro atoms. The Kier molecular flexibility index (Phi) is 5.67. The summed E-state index contributed by atoms with van der Waals surface area (Å²) in [5.41, 5.74) is 3.95. The highest BCUT2D eigenvalue weighted by atomic mass is 19.1. The van der Waals surface area contributed by atoms with E-state index in [4.69, 9.17) is 4.98 Å². The SMILES string of the molecule is Cn1cc(-c2cn3ncc(C#N)c3c(-c3ccc(N4CCN(C(=O)N5CC[C@H](F)C5)CC4)nc3)n2)cn1. The molecule has 6 heterocycles. The van der Waals surface area contributed by atoms with E-state index in [2.05, 4.69) is 26.2 Å². The van der Waals surface area contributed by atoms with Crippen molar-refractivity contribution in [3.8, 4) is 28.6 Å². The van der Waals surface area contributed by atoms with Crippen molar-refractivity contribution in [1.82, 2.24) is 39.2 Å². The van der Waals surface area contributed by atoms with Gasteiger partial charge in [-0.15, -0.1) is 0 Å². The van der Waals surface area contributed by atoms with Crippen LogP contribution in [-0.4, -0.2) is 90.6 Å². The molecule has 4 aromatic heterocycles. The first-order valence-electron chi connectivity index (χ1n) is 12.2. The zero-order valence-electron chi connectivity index (χ0n) is 20.3. The van der Waals surface area contributed by atoms with Crippen molar-refractivity contribution in [3.63, 3.8) is 0 Å².